The topological polar surface area (TPSA) is 42.2 Å². The summed E-state index contributed by atoms with van der Waals surface area (Å²) in [5.41, 5.74) is 3.26. The van der Waals surface area contributed by atoms with E-state index in [1.165, 1.54) is 0 Å². The van der Waals surface area contributed by atoms with Gasteiger partial charge >= 0.3 is 5.63 Å². The second-order valence-corrected chi connectivity index (χ2v) is 5.02. The quantitative estimate of drug-likeness (QED) is 0.843. The second kappa shape index (κ2) is 4.84. The van der Waals surface area contributed by atoms with Crippen LogP contribution in [0.1, 0.15) is 25.0 Å². The zero-order valence-corrected chi connectivity index (χ0v) is 11.3. The zero-order valence-electron chi connectivity index (χ0n) is 11.3. The van der Waals surface area contributed by atoms with Gasteiger partial charge in [0.2, 0.25) is 0 Å². The van der Waals surface area contributed by atoms with Crippen molar-refractivity contribution in [2.75, 3.05) is 12.4 Å². The average Bonchev–Trinajstić information content (AvgIpc) is 2.33. The molecule has 3 nitrogen and oxygen atoms in total. The van der Waals surface area contributed by atoms with Crippen molar-refractivity contribution < 1.29 is 4.42 Å². The molecule has 0 aliphatic carbocycles. The Hall–Kier alpha value is -1.77. The highest BCUT2D eigenvalue weighted by molar-refractivity contribution is 5.93. The summed E-state index contributed by atoms with van der Waals surface area (Å²) in [5, 5.41) is 4.16. The molecule has 0 fully saturated rings. The van der Waals surface area contributed by atoms with E-state index >= 15 is 0 Å². The average molecular weight is 245 g/mol. The van der Waals surface area contributed by atoms with Gasteiger partial charge < -0.3 is 9.73 Å². The highest BCUT2D eigenvalue weighted by Gasteiger charge is 2.14. The molecule has 0 unspecified atom stereocenters. The van der Waals surface area contributed by atoms with Gasteiger partial charge in [-0.3, -0.25) is 0 Å². The molecule has 0 amide bonds. The molecule has 1 N–H and O–H groups in total. The van der Waals surface area contributed by atoms with E-state index in [0.29, 0.717) is 11.5 Å². The fourth-order valence-corrected chi connectivity index (χ4v) is 2.32. The summed E-state index contributed by atoms with van der Waals surface area (Å²) < 4.78 is 5.42. The van der Waals surface area contributed by atoms with Crippen LogP contribution in [0.15, 0.2) is 27.4 Å². The van der Waals surface area contributed by atoms with Crippen molar-refractivity contribution in [2.24, 2.45) is 5.92 Å². The monoisotopic (exact) mass is 245 g/mol. The van der Waals surface area contributed by atoms with Crippen molar-refractivity contribution in [3.63, 3.8) is 0 Å². The molecule has 0 aliphatic rings. The molecule has 0 radical (unpaired) electrons. The summed E-state index contributed by atoms with van der Waals surface area (Å²) in [6, 6.07) is 5.72. The molecule has 2 aromatic rings. The molecule has 2 rings (SSSR count). The Bertz CT molecular complexity index is 626. The van der Waals surface area contributed by atoms with Crippen LogP contribution in [0.3, 0.4) is 0 Å². The van der Waals surface area contributed by atoms with Crippen molar-refractivity contribution in [3.05, 3.63) is 39.7 Å². The predicted molar refractivity (Wildman–Crippen MR) is 75.3 cm³/mol. The van der Waals surface area contributed by atoms with Crippen molar-refractivity contribution in [1.29, 1.82) is 0 Å². The third-order valence-electron chi connectivity index (χ3n) is 3.18. The molecule has 96 valence electrons. The van der Waals surface area contributed by atoms with Crippen LogP contribution in [0, 0.1) is 12.8 Å². The largest absolute Gasteiger partial charge is 0.422 e. The first kappa shape index (κ1) is 12.7. The first-order valence-corrected chi connectivity index (χ1v) is 6.27. The Labute approximate surface area is 107 Å². The maximum atomic E-state index is 12.0. The molecule has 0 saturated carbocycles. The summed E-state index contributed by atoms with van der Waals surface area (Å²) in [5.74, 6) is 0.436. The molecule has 0 aliphatic heterocycles. The molecule has 0 spiro atoms. The normalized spacial score (nSPS) is 11.2. The van der Waals surface area contributed by atoms with Crippen LogP contribution >= 0.6 is 0 Å². The second-order valence-electron chi connectivity index (χ2n) is 5.02. The molecular formula is C15H19NO2. The van der Waals surface area contributed by atoms with E-state index in [1.54, 1.807) is 0 Å². The van der Waals surface area contributed by atoms with E-state index in [1.807, 2.05) is 32.2 Å². The molecule has 0 atom stereocenters. The molecule has 3 heteroatoms. The lowest BCUT2D eigenvalue weighted by Crippen LogP contribution is -2.13. The number of rotatable bonds is 3. The minimum atomic E-state index is -0.207. The number of benzene rings is 1. The standard InChI is InChI=1S/C15H19NO2/c1-9(2)8-11-10(3)14-12(16-4)6-5-7-13(14)18-15(11)17/h5-7,9,16H,8H2,1-4H3. The van der Waals surface area contributed by atoms with Gasteiger partial charge in [0.1, 0.15) is 5.58 Å². The number of hydrogen-bond donors (Lipinski definition) is 1. The lowest BCUT2D eigenvalue weighted by molar-refractivity contribution is 0.533. The Balaban J connectivity index is 2.78. The smallest absolute Gasteiger partial charge is 0.339 e. The van der Waals surface area contributed by atoms with Gasteiger partial charge in [-0.2, -0.15) is 0 Å². The summed E-state index contributed by atoms with van der Waals surface area (Å²) in [6.45, 7) is 6.21. The van der Waals surface area contributed by atoms with Gasteiger partial charge in [0.15, 0.2) is 0 Å². The van der Waals surface area contributed by atoms with Crippen LogP contribution in [0.4, 0.5) is 5.69 Å². The van der Waals surface area contributed by atoms with Crippen LogP contribution in [0.5, 0.6) is 0 Å². The van der Waals surface area contributed by atoms with Gasteiger partial charge in [0.25, 0.3) is 0 Å². The van der Waals surface area contributed by atoms with Gasteiger partial charge in [-0.15, -0.1) is 0 Å². The van der Waals surface area contributed by atoms with Crippen LogP contribution in [0.2, 0.25) is 0 Å². The van der Waals surface area contributed by atoms with Crippen molar-refractivity contribution in [2.45, 2.75) is 27.2 Å². The van der Waals surface area contributed by atoms with Crippen LogP contribution in [-0.4, -0.2) is 7.05 Å². The fourth-order valence-electron chi connectivity index (χ4n) is 2.32. The van der Waals surface area contributed by atoms with E-state index in [9.17, 15) is 4.79 Å². The molecule has 18 heavy (non-hydrogen) atoms. The Morgan fingerprint density at radius 1 is 1.33 bits per heavy atom. The van der Waals surface area contributed by atoms with E-state index < -0.39 is 0 Å². The predicted octanol–water partition coefficient (Wildman–Crippen LogP) is 3.34. The maximum Gasteiger partial charge on any atom is 0.339 e. The number of hydrogen-bond acceptors (Lipinski definition) is 3. The van der Waals surface area contributed by atoms with Crippen LogP contribution < -0.4 is 10.9 Å². The summed E-state index contributed by atoms with van der Waals surface area (Å²) >= 11 is 0. The molecule has 0 bridgehead atoms. The zero-order chi connectivity index (χ0) is 13.3. The van der Waals surface area contributed by atoms with Gasteiger partial charge in [-0.05, 0) is 37.0 Å². The van der Waals surface area contributed by atoms with Crippen molar-refractivity contribution >= 4 is 16.7 Å². The van der Waals surface area contributed by atoms with Gasteiger partial charge in [0.05, 0.1) is 0 Å². The first-order chi connectivity index (χ1) is 8.54. The Kier molecular flexibility index (Phi) is 3.41. The van der Waals surface area contributed by atoms with E-state index in [0.717, 1.165) is 28.6 Å². The van der Waals surface area contributed by atoms with E-state index in [-0.39, 0.29) is 5.63 Å². The van der Waals surface area contributed by atoms with Gasteiger partial charge in [-0.1, -0.05) is 19.9 Å². The maximum absolute atomic E-state index is 12.0. The highest BCUT2D eigenvalue weighted by Crippen LogP contribution is 2.27. The SMILES string of the molecule is CNc1cccc2oc(=O)c(CC(C)C)c(C)c12. The number of nitrogens with one attached hydrogen (secondary N) is 1. The fraction of sp³-hybridized carbons (Fsp3) is 0.400. The van der Waals surface area contributed by atoms with Gasteiger partial charge in [-0.25, -0.2) is 4.79 Å². The molecule has 1 aromatic heterocycles. The number of aryl methyl sites for hydroxylation is 1. The van der Waals surface area contributed by atoms with Crippen LogP contribution in [0.25, 0.3) is 11.0 Å². The lowest BCUT2D eigenvalue weighted by atomic mass is 9.97. The first-order valence-electron chi connectivity index (χ1n) is 6.27. The molecule has 1 aromatic carbocycles. The summed E-state index contributed by atoms with van der Waals surface area (Å²) in [4.78, 5) is 12.0. The van der Waals surface area contributed by atoms with E-state index in [2.05, 4.69) is 19.2 Å². The molecule has 1 heterocycles. The molecule has 0 saturated heterocycles. The van der Waals surface area contributed by atoms with Crippen molar-refractivity contribution in [1.82, 2.24) is 0 Å². The van der Waals surface area contributed by atoms with Crippen LogP contribution in [-0.2, 0) is 6.42 Å². The molecular weight excluding hydrogens is 226 g/mol. The summed E-state index contributed by atoms with van der Waals surface area (Å²) in [7, 11) is 1.88. The third-order valence-corrected chi connectivity index (χ3v) is 3.18. The minimum Gasteiger partial charge on any atom is -0.422 e. The highest BCUT2D eigenvalue weighted by atomic mass is 16.4. The Morgan fingerprint density at radius 2 is 2.06 bits per heavy atom. The van der Waals surface area contributed by atoms with Crippen molar-refractivity contribution in [3.8, 4) is 0 Å². The minimum absolute atomic E-state index is 0.207. The van der Waals surface area contributed by atoms with E-state index in [4.69, 9.17) is 4.42 Å². The number of anilines is 1. The van der Waals surface area contributed by atoms with Gasteiger partial charge in [0, 0.05) is 23.7 Å². The third kappa shape index (κ3) is 2.13. The number of fused-ring (bicyclic) bond motifs is 1. The summed E-state index contributed by atoms with van der Waals surface area (Å²) in [6.07, 6.45) is 0.752. The Morgan fingerprint density at radius 3 is 2.67 bits per heavy atom. The lowest BCUT2D eigenvalue weighted by Gasteiger charge is -2.12.